The summed E-state index contributed by atoms with van der Waals surface area (Å²) in [6, 6.07) is 13.5. The van der Waals surface area contributed by atoms with E-state index in [9.17, 15) is 15.2 Å². The lowest BCUT2D eigenvalue weighted by Gasteiger charge is -2.05. The van der Waals surface area contributed by atoms with Gasteiger partial charge in [-0.25, -0.2) is 0 Å². The Morgan fingerprint density at radius 2 is 1.92 bits per heavy atom. The highest BCUT2D eigenvalue weighted by molar-refractivity contribution is 7.99. The van der Waals surface area contributed by atoms with Gasteiger partial charge in [0.05, 0.1) is 11.1 Å². The summed E-state index contributed by atoms with van der Waals surface area (Å²) in [5, 5.41) is 20.3. The molecule has 0 bridgehead atoms. The predicted molar refractivity (Wildman–Crippen MR) is 99.3 cm³/mol. The molecule has 25 heavy (non-hydrogen) atoms. The zero-order valence-corrected chi connectivity index (χ0v) is 15.3. The van der Waals surface area contributed by atoms with Crippen molar-refractivity contribution in [3.8, 4) is 6.07 Å². The molecule has 0 saturated carbocycles. The third kappa shape index (κ3) is 3.23. The van der Waals surface area contributed by atoms with Crippen LogP contribution < -0.4 is 0 Å². The van der Waals surface area contributed by atoms with Gasteiger partial charge in [0.1, 0.15) is 12.6 Å². The normalized spacial score (nSPS) is 10.8. The van der Waals surface area contributed by atoms with Crippen molar-refractivity contribution in [2.45, 2.75) is 30.2 Å². The molecule has 0 radical (unpaired) electrons. The van der Waals surface area contributed by atoms with Crippen molar-refractivity contribution in [2.24, 2.45) is 0 Å². The minimum absolute atomic E-state index is 0.141. The molecule has 0 spiro atoms. The second-order valence-corrected chi connectivity index (χ2v) is 7.23. The maximum atomic E-state index is 11.3. The monoisotopic (exact) mass is 370 g/mol. The van der Waals surface area contributed by atoms with Crippen molar-refractivity contribution in [3.63, 3.8) is 0 Å². The van der Waals surface area contributed by atoms with E-state index in [1.54, 1.807) is 4.57 Å². The first-order valence-electron chi connectivity index (χ1n) is 7.60. The number of hydrogen-bond donors (Lipinski definition) is 1. The molecule has 1 heterocycles. The molecule has 0 atom stereocenters. The van der Waals surface area contributed by atoms with Crippen LogP contribution in [0.1, 0.15) is 16.8 Å². The minimum Gasteiger partial charge on any atom is -0.480 e. The number of hydrogen-bond acceptors (Lipinski definition) is 3. The van der Waals surface area contributed by atoms with Gasteiger partial charge in [0.25, 0.3) is 0 Å². The summed E-state index contributed by atoms with van der Waals surface area (Å²) in [4.78, 5) is 13.2. The third-order valence-corrected chi connectivity index (χ3v) is 5.55. The van der Waals surface area contributed by atoms with E-state index in [-0.39, 0.29) is 6.54 Å². The van der Waals surface area contributed by atoms with Crippen LogP contribution in [0.5, 0.6) is 0 Å². The summed E-state index contributed by atoms with van der Waals surface area (Å²) < 4.78 is 1.75. The molecule has 0 aliphatic rings. The van der Waals surface area contributed by atoms with Crippen molar-refractivity contribution >= 4 is 40.2 Å². The molecule has 0 aliphatic carbocycles. The molecule has 2 aromatic carbocycles. The number of halogens is 1. The molecule has 3 aromatic rings. The largest absolute Gasteiger partial charge is 0.480 e. The number of rotatable bonds is 4. The van der Waals surface area contributed by atoms with Crippen LogP contribution in [0, 0.1) is 25.2 Å². The van der Waals surface area contributed by atoms with Gasteiger partial charge < -0.3 is 9.67 Å². The highest BCUT2D eigenvalue weighted by Gasteiger charge is 2.20. The van der Waals surface area contributed by atoms with Crippen molar-refractivity contribution < 1.29 is 9.90 Å². The Labute approximate surface area is 154 Å². The number of aryl methyl sites for hydroxylation is 1. The van der Waals surface area contributed by atoms with E-state index in [0.717, 1.165) is 32.0 Å². The summed E-state index contributed by atoms with van der Waals surface area (Å²) in [7, 11) is 0. The molecule has 0 aliphatic heterocycles. The molecule has 1 N–H and O–H groups in total. The van der Waals surface area contributed by atoms with Crippen LogP contribution in [0.3, 0.4) is 0 Å². The first-order chi connectivity index (χ1) is 11.9. The molecular weight excluding hydrogens is 356 g/mol. The summed E-state index contributed by atoms with van der Waals surface area (Å²) in [6.07, 6.45) is 0. The van der Waals surface area contributed by atoms with E-state index in [1.165, 1.54) is 11.8 Å². The molecule has 0 unspecified atom stereocenters. The number of nitrogens with zero attached hydrogens (tertiary/aromatic N) is 2. The van der Waals surface area contributed by atoms with Gasteiger partial charge in [0.2, 0.25) is 0 Å². The Balaban J connectivity index is 2.27. The van der Waals surface area contributed by atoms with E-state index in [4.69, 9.17) is 11.6 Å². The standard InChI is InChI=1S/C19H15ClN2O2S/c1-11-3-8-16-18(15(11)9-21)19(12(2)22(16)10-17(23)24)25-14-6-4-13(20)5-7-14/h3-8H,10H2,1-2H3,(H,23,24). The molecular formula is C19H15ClN2O2S. The molecule has 0 amide bonds. The Morgan fingerprint density at radius 1 is 1.24 bits per heavy atom. The Hall–Kier alpha value is -2.42. The molecule has 0 fully saturated rings. The fraction of sp³-hybridized carbons (Fsp3) is 0.158. The van der Waals surface area contributed by atoms with E-state index in [2.05, 4.69) is 6.07 Å². The average molecular weight is 371 g/mol. The van der Waals surface area contributed by atoms with Crippen LogP contribution in [0.25, 0.3) is 10.9 Å². The lowest BCUT2D eigenvalue weighted by Crippen LogP contribution is -2.09. The zero-order chi connectivity index (χ0) is 18.1. The molecule has 126 valence electrons. The lowest BCUT2D eigenvalue weighted by molar-refractivity contribution is -0.137. The summed E-state index contributed by atoms with van der Waals surface area (Å²) in [5.74, 6) is -0.915. The number of aromatic nitrogens is 1. The van der Waals surface area contributed by atoms with Gasteiger partial charge in [0.15, 0.2) is 0 Å². The second-order valence-electron chi connectivity index (χ2n) is 5.71. The van der Waals surface area contributed by atoms with Crippen LogP contribution in [0.15, 0.2) is 46.2 Å². The lowest BCUT2D eigenvalue weighted by atomic mass is 10.1. The van der Waals surface area contributed by atoms with Crippen LogP contribution in [-0.4, -0.2) is 15.6 Å². The van der Waals surface area contributed by atoms with Crippen molar-refractivity contribution in [2.75, 3.05) is 0 Å². The number of carboxylic acid groups (broad SMARTS) is 1. The maximum absolute atomic E-state index is 11.3. The third-order valence-electron chi connectivity index (χ3n) is 4.08. The second kappa shape index (κ2) is 6.83. The molecule has 6 heteroatoms. The van der Waals surface area contributed by atoms with Gasteiger partial charge in [-0.1, -0.05) is 29.4 Å². The van der Waals surface area contributed by atoms with E-state index in [0.29, 0.717) is 10.6 Å². The van der Waals surface area contributed by atoms with Crippen LogP contribution in [-0.2, 0) is 11.3 Å². The Morgan fingerprint density at radius 3 is 2.52 bits per heavy atom. The fourth-order valence-corrected chi connectivity index (χ4v) is 4.06. The number of benzene rings is 2. The molecule has 1 aromatic heterocycles. The van der Waals surface area contributed by atoms with Gasteiger partial charge in [-0.2, -0.15) is 5.26 Å². The van der Waals surface area contributed by atoms with Gasteiger partial charge >= 0.3 is 5.97 Å². The van der Waals surface area contributed by atoms with Crippen molar-refractivity contribution in [1.29, 1.82) is 5.26 Å². The SMILES string of the molecule is Cc1ccc2c(c1C#N)c(Sc1ccc(Cl)cc1)c(C)n2CC(=O)O. The molecule has 4 nitrogen and oxygen atoms in total. The number of nitriles is 1. The highest BCUT2D eigenvalue weighted by Crippen LogP contribution is 2.40. The predicted octanol–water partition coefficient (Wildman–Crippen LogP) is 5.02. The zero-order valence-electron chi connectivity index (χ0n) is 13.7. The van der Waals surface area contributed by atoms with Gasteiger partial charge in [0, 0.05) is 25.9 Å². The van der Waals surface area contributed by atoms with Gasteiger partial charge in [-0.05, 0) is 49.7 Å². The molecule has 3 rings (SSSR count). The summed E-state index contributed by atoms with van der Waals surface area (Å²) in [6.45, 7) is 3.63. The Bertz CT molecular complexity index is 1020. The van der Waals surface area contributed by atoms with Crippen molar-refractivity contribution in [3.05, 3.63) is 58.2 Å². The first-order valence-corrected chi connectivity index (χ1v) is 8.79. The number of fused-ring (bicyclic) bond motifs is 1. The van der Waals surface area contributed by atoms with E-state index in [1.807, 2.05) is 50.2 Å². The highest BCUT2D eigenvalue weighted by atomic mass is 35.5. The number of carboxylic acids is 1. The van der Waals surface area contributed by atoms with E-state index < -0.39 is 5.97 Å². The minimum atomic E-state index is -0.915. The van der Waals surface area contributed by atoms with Crippen LogP contribution in [0.2, 0.25) is 5.02 Å². The van der Waals surface area contributed by atoms with Crippen molar-refractivity contribution in [1.82, 2.24) is 4.57 Å². The van der Waals surface area contributed by atoms with Gasteiger partial charge in [-0.3, -0.25) is 4.79 Å². The fourth-order valence-electron chi connectivity index (χ4n) is 2.86. The smallest absolute Gasteiger partial charge is 0.323 e. The molecule has 0 saturated heterocycles. The Kier molecular flexibility index (Phi) is 4.76. The summed E-state index contributed by atoms with van der Waals surface area (Å²) in [5.41, 5.74) is 3.06. The van der Waals surface area contributed by atoms with Crippen LogP contribution >= 0.6 is 23.4 Å². The topological polar surface area (TPSA) is 66.0 Å². The summed E-state index contributed by atoms with van der Waals surface area (Å²) >= 11 is 7.46. The quantitative estimate of drug-likeness (QED) is 0.700. The van der Waals surface area contributed by atoms with Gasteiger partial charge in [-0.15, -0.1) is 0 Å². The number of aliphatic carboxylic acids is 1. The maximum Gasteiger partial charge on any atom is 0.323 e. The average Bonchev–Trinajstić information content (AvgIpc) is 2.82. The van der Waals surface area contributed by atoms with Crippen LogP contribution in [0.4, 0.5) is 0 Å². The van der Waals surface area contributed by atoms with E-state index >= 15 is 0 Å². The first kappa shape index (κ1) is 17.4. The number of carbonyl (C=O) groups is 1.